The Bertz CT molecular complexity index is 643. The van der Waals surface area contributed by atoms with E-state index < -0.39 is 24.1 Å². The molecule has 2 aromatic carbocycles. The molecule has 0 amide bonds. The third-order valence-electron chi connectivity index (χ3n) is 3.60. The van der Waals surface area contributed by atoms with Crippen molar-refractivity contribution in [1.29, 1.82) is 0 Å². The molecular formula is C20H22Cl2O2Zr. The van der Waals surface area contributed by atoms with Crippen LogP contribution >= 0.6 is 0 Å². The molecule has 132 valence electrons. The van der Waals surface area contributed by atoms with Gasteiger partial charge in [-0.15, -0.1) is 0 Å². The van der Waals surface area contributed by atoms with Crippen LogP contribution in [0.1, 0.15) is 22.3 Å². The average molecular weight is 457 g/mol. The molecule has 0 spiro atoms. The van der Waals surface area contributed by atoms with Gasteiger partial charge in [0.05, 0.1) is 0 Å². The van der Waals surface area contributed by atoms with Crippen molar-refractivity contribution in [1.82, 2.24) is 0 Å². The van der Waals surface area contributed by atoms with E-state index in [0.29, 0.717) is 0 Å². The van der Waals surface area contributed by atoms with Crippen molar-refractivity contribution < 1.29 is 54.6 Å². The van der Waals surface area contributed by atoms with Crippen LogP contribution in [0.15, 0.2) is 61.7 Å². The van der Waals surface area contributed by atoms with E-state index in [9.17, 15) is 0 Å². The molecule has 0 heterocycles. The van der Waals surface area contributed by atoms with Crippen LogP contribution in [0.3, 0.4) is 0 Å². The van der Waals surface area contributed by atoms with E-state index in [1.807, 2.05) is 12.2 Å². The Hall–Kier alpha value is -1.02. The Labute approximate surface area is 176 Å². The summed E-state index contributed by atoms with van der Waals surface area (Å²) in [6, 6.07) is 12.4. The van der Waals surface area contributed by atoms with Gasteiger partial charge in [-0.1, -0.05) is 0 Å². The second-order valence-corrected chi connectivity index (χ2v) is 6.81. The Morgan fingerprint density at radius 2 is 1.20 bits per heavy atom. The van der Waals surface area contributed by atoms with Gasteiger partial charge in [0.15, 0.2) is 0 Å². The zero-order valence-corrected chi connectivity index (χ0v) is 18.5. The molecule has 2 rings (SSSR count). The molecule has 0 aliphatic carbocycles. The molecule has 2 nitrogen and oxygen atoms in total. The summed E-state index contributed by atoms with van der Waals surface area (Å²) in [5.74, 6) is 1.91. The van der Waals surface area contributed by atoms with E-state index >= 15 is 0 Å². The summed E-state index contributed by atoms with van der Waals surface area (Å²) in [5, 5.41) is 0. The predicted molar refractivity (Wildman–Crippen MR) is 91.4 cm³/mol. The average Bonchev–Trinajstić information content (AvgIpc) is 2.53. The Morgan fingerprint density at radius 3 is 1.56 bits per heavy atom. The van der Waals surface area contributed by atoms with E-state index in [1.165, 1.54) is 11.1 Å². The van der Waals surface area contributed by atoms with E-state index in [-0.39, 0.29) is 24.8 Å². The minimum atomic E-state index is -1.48. The minimum Gasteiger partial charge on any atom is -1.00 e. The van der Waals surface area contributed by atoms with Gasteiger partial charge >= 0.3 is 152 Å². The normalized spacial score (nSPS) is 9.04. The Morgan fingerprint density at radius 1 is 0.800 bits per heavy atom. The van der Waals surface area contributed by atoms with E-state index in [1.54, 1.807) is 0 Å². The Balaban J connectivity index is 0.00000288. The fourth-order valence-corrected chi connectivity index (χ4v) is 4.40. The summed E-state index contributed by atoms with van der Waals surface area (Å²) in [7, 11) is 0. The predicted octanol–water partition coefficient (Wildman–Crippen LogP) is -0.861. The topological polar surface area (TPSA) is 18.5 Å². The summed E-state index contributed by atoms with van der Waals surface area (Å²) in [5.41, 5.74) is 4.62. The van der Waals surface area contributed by atoms with Crippen LogP contribution in [0.4, 0.5) is 0 Å². The fraction of sp³-hybridized carbons (Fsp3) is 0.200. The van der Waals surface area contributed by atoms with Crippen LogP contribution in [0.2, 0.25) is 0 Å². The van der Waals surface area contributed by atoms with Crippen molar-refractivity contribution in [3.05, 3.63) is 84.0 Å². The van der Waals surface area contributed by atoms with Gasteiger partial charge in [0.1, 0.15) is 0 Å². The monoisotopic (exact) mass is 454 g/mol. The summed E-state index contributed by atoms with van der Waals surface area (Å²) < 4.78 is 12.2. The molecular weight excluding hydrogens is 434 g/mol. The minimum absolute atomic E-state index is 0. The first-order valence-electron chi connectivity index (χ1n) is 7.64. The maximum Gasteiger partial charge on any atom is -1.00 e. The molecule has 0 bridgehead atoms. The molecule has 0 aliphatic rings. The van der Waals surface area contributed by atoms with Gasteiger partial charge in [0.2, 0.25) is 0 Å². The third kappa shape index (κ3) is 6.66. The number of hydrogen-bond donors (Lipinski definition) is 0. The zero-order valence-electron chi connectivity index (χ0n) is 14.5. The SMILES string of the molecule is C=CCc1cccc(C)c1[O][Zr+2][O]c1c(C)cccc1CC=C.[Cl-].[Cl-]. The number of hydrogen-bond acceptors (Lipinski definition) is 2. The van der Waals surface area contributed by atoms with Gasteiger partial charge in [-0.25, -0.2) is 0 Å². The number of benzene rings is 2. The van der Waals surface area contributed by atoms with Crippen LogP contribution in [-0.2, 0) is 37.0 Å². The number of halogens is 2. The van der Waals surface area contributed by atoms with Crippen molar-refractivity contribution in [3.63, 3.8) is 0 Å². The molecule has 0 unspecified atom stereocenters. The zero-order chi connectivity index (χ0) is 16.7. The van der Waals surface area contributed by atoms with Crippen LogP contribution in [0.25, 0.3) is 0 Å². The second-order valence-electron chi connectivity index (χ2n) is 5.40. The smallest absolute Gasteiger partial charge is 1.00 e. The van der Waals surface area contributed by atoms with Crippen LogP contribution < -0.4 is 30.4 Å². The summed E-state index contributed by atoms with van der Waals surface area (Å²) in [6.45, 7) is 11.8. The van der Waals surface area contributed by atoms with Gasteiger partial charge in [-0.05, 0) is 0 Å². The molecule has 0 aliphatic heterocycles. The first-order chi connectivity index (χ1) is 11.2. The van der Waals surface area contributed by atoms with Crippen LogP contribution in [0, 0.1) is 13.8 Å². The number of allylic oxidation sites excluding steroid dienone is 2. The number of para-hydroxylation sites is 2. The standard InChI is InChI=1S/2C10H12O.2ClH.Zr/c2*1-3-5-9-7-4-6-8(2)10(9)11;;;/h2*3-4,6-7,11H,1,5H2,2H3;2*1H;/q;;;;+4/p-4. The molecule has 0 saturated heterocycles. The molecule has 0 saturated carbocycles. The van der Waals surface area contributed by atoms with Gasteiger partial charge in [-0.3, -0.25) is 0 Å². The van der Waals surface area contributed by atoms with Crippen molar-refractivity contribution in [2.24, 2.45) is 0 Å². The van der Waals surface area contributed by atoms with Gasteiger partial charge < -0.3 is 24.8 Å². The van der Waals surface area contributed by atoms with Gasteiger partial charge in [0.25, 0.3) is 0 Å². The van der Waals surface area contributed by atoms with Crippen molar-refractivity contribution in [2.45, 2.75) is 26.7 Å². The van der Waals surface area contributed by atoms with Gasteiger partial charge in [-0.2, -0.15) is 0 Å². The number of aryl methyl sites for hydroxylation is 2. The van der Waals surface area contributed by atoms with E-state index in [0.717, 1.165) is 35.5 Å². The van der Waals surface area contributed by atoms with Crippen molar-refractivity contribution in [3.8, 4) is 11.5 Å². The molecule has 5 heteroatoms. The van der Waals surface area contributed by atoms with Crippen LogP contribution in [0.5, 0.6) is 11.5 Å². The summed E-state index contributed by atoms with van der Waals surface area (Å²) in [4.78, 5) is 0. The molecule has 0 fully saturated rings. The third-order valence-corrected chi connectivity index (χ3v) is 5.02. The Kier molecular flexibility index (Phi) is 11.9. The maximum absolute atomic E-state index is 6.09. The first-order valence-corrected chi connectivity index (χ1v) is 9.65. The molecule has 2 aromatic rings. The summed E-state index contributed by atoms with van der Waals surface area (Å²) >= 11 is -1.48. The summed E-state index contributed by atoms with van der Waals surface area (Å²) in [6.07, 6.45) is 5.42. The number of rotatable bonds is 8. The van der Waals surface area contributed by atoms with E-state index in [4.69, 9.17) is 5.63 Å². The van der Waals surface area contributed by atoms with Crippen molar-refractivity contribution in [2.75, 3.05) is 0 Å². The maximum atomic E-state index is 6.09. The van der Waals surface area contributed by atoms with Gasteiger partial charge in [0, 0.05) is 0 Å². The second kappa shape index (κ2) is 12.4. The first kappa shape index (κ1) is 24.0. The van der Waals surface area contributed by atoms with Crippen molar-refractivity contribution >= 4 is 0 Å². The molecule has 25 heavy (non-hydrogen) atoms. The quantitative estimate of drug-likeness (QED) is 0.482. The molecule has 0 radical (unpaired) electrons. The van der Waals surface area contributed by atoms with Crippen LogP contribution in [-0.4, -0.2) is 0 Å². The molecule has 0 aromatic heterocycles. The largest absolute Gasteiger partial charge is 1.00 e. The van der Waals surface area contributed by atoms with E-state index in [2.05, 4.69) is 63.4 Å². The molecule has 0 N–H and O–H groups in total. The fourth-order valence-electron chi connectivity index (χ4n) is 2.46. The molecule has 0 atom stereocenters.